The van der Waals surface area contributed by atoms with Crippen molar-refractivity contribution in [1.29, 1.82) is 0 Å². The fourth-order valence-corrected chi connectivity index (χ4v) is 2.77. The number of hydrogen-bond donors (Lipinski definition) is 0. The van der Waals surface area contributed by atoms with Crippen LogP contribution in [0.5, 0.6) is 11.5 Å². The fraction of sp³-hybridized carbons (Fsp3) is 0.368. The van der Waals surface area contributed by atoms with Gasteiger partial charge in [-0.2, -0.15) is 0 Å². The maximum absolute atomic E-state index is 11.4. The minimum atomic E-state index is -3.17. The van der Waals surface area contributed by atoms with E-state index >= 15 is 0 Å². The van der Waals surface area contributed by atoms with Crippen LogP contribution in [-0.4, -0.2) is 14.7 Å². The number of rotatable bonds is 5. The fourth-order valence-electron chi connectivity index (χ4n) is 2.14. The van der Waals surface area contributed by atoms with Gasteiger partial charge in [0.15, 0.2) is 9.84 Å². The first-order valence-electron chi connectivity index (χ1n) is 7.97. The van der Waals surface area contributed by atoms with Gasteiger partial charge in [0, 0.05) is 6.26 Å². The summed E-state index contributed by atoms with van der Waals surface area (Å²) in [6.45, 7) is 8.24. The molecule has 0 aromatic heterocycles. The molecule has 3 nitrogen and oxygen atoms in total. The zero-order chi connectivity index (χ0) is 17.5. The van der Waals surface area contributed by atoms with Crippen LogP contribution in [0.25, 0.3) is 0 Å². The van der Waals surface area contributed by atoms with Crippen molar-refractivity contribution in [3.05, 3.63) is 53.6 Å². The van der Waals surface area contributed by atoms with Crippen LogP contribution in [0.3, 0.4) is 0 Å². The highest BCUT2D eigenvalue weighted by Crippen LogP contribution is 2.25. The van der Waals surface area contributed by atoms with Crippen molar-refractivity contribution in [1.82, 2.24) is 0 Å². The lowest BCUT2D eigenvalue weighted by atomic mass is 10.0. The molecule has 2 aromatic carbocycles. The number of sulfone groups is 1. The minimum absolute atomic E-state index is 0.297. The largest absolute Gasteiger partial charge is 0.457 e. The Balaban J connectivity index is 0.00000127. The highest BCUT2D eigenvalue weighted by molar-refractivity contribution is 7.90. The summed E-state index contributed by atoms with van der Waals surface area (Å²) in [6, 6.07) is 12.5. The van der Waals surface area contributed by atoms with E-state index in [0.717, 1.165) is 18.6 Å². The Bertz CT molecular complexity index is 717. The molecule has 0 heterocycles. The molecule has 0 fully saturated rings. The van der Waals surface area contributed by atoms with E-state index in [4.69, 9.17) is 4.74 Å². The van der Waals surface area contributed by atoms with Gasteiger partial charge in [-0.25, -0.2) is 8.42 Å². The van der Waals surface area contributed by atoms with Gasteiger partial charge in [0.1, 0.15) is 11.5 Å². The molecule has 0 N–H and O–H groups in total. The predicted octanol–water partition coefficient (Wildman–Crippen LogP) is 5.17. The zero-order valence-corrected chi connectivity index (χ0v) is 15.4. The molecule has 0 atom stereocenters. The topological polar surface area (TPSA) is 43.4 Å². The summed E-state index contributed by atoms with van der Waals surface area (Å²) in [7, 11) is -3.17. The first kappa shape index (κ1) is 19.2. The Hall–Kier alpha value is -1.81. The summed E-state index contributed by atoms with van der Waals surface area (Å²) in [5.74, 6) is 1.41. The van der Waals surface area contributed by atoms with Crippen molar-refractivity contribution in [2.45, 2.75) is 45.4 Å². The molecule has 0 aliphatic rings. The van der Waals surface area contributed by atoms with Crippen molar-refractivity contribution in [3.8, 4) is 11.5 Å². The van der Waals surface area contributed by atoms with Crippen molar-refractivity contribution in [3.63, 3.8) is 0 Å². The Morgan fingerprint density at radius 2 is 1.52 bits per heavy atom. The lowest BCUT2D eigenvalue weighted by Gasteiger charge is -2.10. The lowest BCUT2D eigenvalue weighted by Crippen LogP contribution is -1.96. The summed E-state index contributed by atoms with van der Waals surface area (Å²) in [5.41, 5.74) is 2.54. The van der Waals surface area contributed by atoms with Gasteiger partial charge in [-0.15, -0.1) is 0 Å². The smallest absolute Gasteiger partial charge is 0.175 e. The molecule has 0 saturated heterocycles. The average molecular weight is 334 g/mol. The van der Waals surface area contributed by atoms with Crippen molar-refractivity contribution in [2.75, 3.05) is 6.26 Å². The van der Waals surface area contributed by atoms with Crippen LogP contribution >= 0.6 is 0 Å². The highest BCUT2D eigenvalue weighted by Gasteiger charge is 2.07. The quantitative estimate of drug-likeness (QED) is 0.757. The minimum Gasteiger partial charge on any atom is -0.457 e. The molecule has 2 aromatic rings. The Kier molecular flexibility index (Phi) is 7.30. The van der Waals surface area contributed by atoms with E-state index in [1.165, 1.54) is 17.4 Å². The molecule has 0 amide bonds. The molecule has 0 spiro atoms. The maximum Gasteiger partial charge on any atom is 0.175 e. The van der Waals surface area contributed by atoms with Crippen molar-refractivity contribution in [2.24, 2.45) is 0 Å². The SMILES string of the molecule is CC.CCCc1cc(Oc2ccc(S(C)(=O)=O)cc2)ccc1C. The molecule has 0 saturated carbocycles. The van der Waals surface area contributed by atoms with E-state index in [-0.39, 0.29) is 0 Å². The average Bonchev–Trinajstić information content (AvgIpc) is 2.52. The molecule has 0 aliphatic heterocycles. The van der Waals surface area contributed by atoms with E-state index in [0.29, 0.717) is 10.6 Å². The molecule has 126 valence electrons. The number of benzene rings is 2. The van der Waals surface area contributed by atoms with Crippen LogP contribution in [0.2, 0.25) is 0 Å². The second-order valence-corrected chi connectivity index (χ2v) is 7.20. The van der Waals surface area contributed by atoms with Gasteiger partial charge >= 0.3 is 0 Å². The van der Waals surface area contributed by atoms with E-state index in [1.807, 2.05) is 32.0 Å². The van der Waals surface area contributed by atoms with Gasteiger partial charge in [-0.1, -0.05) is 33.3 Å². The van der Waals surface area contributed by atoms with Crippen LogP contribution < -0.4 is 4.74 Å². The summed E-state index contributed by atoms with van der Waals surface area (Å²) in [6.07, 6.45) is 3.31. The monoisotopic (exact) mass is 334 g/mol. The van der Waals surface area contributed by atoms with E-state index in [2.05, 4.69) is 13.8 Å². The summed E-state index contributed by atoms with van der Waals surface area (Å²) < 4.78 is 28.6. The van der Waals surface area contributed by atoms with Crippen molar-refractivity contribution < 1.29 is 13.2 Å². The van der Waals surface area contributed by atoms with E-state index in [1.54, 1.807) is 24.3 Å². The van der Waals surface area contributed by atoms with Crippen LogP contribution in [-0.2, 0) is 16.3 Å². The van der Waals surface area contributed by atoms with Crippen LogP contribution in [0.15, 0.2) is 47.4 Å². The molecule has 0 aliphatic carbocycles. The molecule has 4 heteroatoms. The van der Waals surface area contributed by atoms with Crippen molar-refractivity contribution >= 4 is 9.84 Å². The molecular formula is C19H26O3S. The van der Waals surface area contributed by atoms with Gasteiger partial charge in [0.2, 0.25) is 0 Å². The first-order valence-corrected chi connectivity index (χ1v) is 9.87. The molecule has 0 bridgehead atoms. The van der Waals surface area contributed by atoms with Gasteiger partial charge < -0.3 is 4.74 Å². The predicted molar refractivity (Wildman–Crippen MR) is 96.1 cm³/mol. The Morgan fingerprint density at radius 1 is 0.957 bits per heavy atom. The number of hydrogen-bond acceptors (Lipinski definition) is 3. The maximum atomic E-state index is 11.4. The van der Waals surface area contributed by atoms with E-state index < -0.39 is 9.84 Å². The van der Waals surface area contributed by atoms with E-state index in [9.17, 15) is 8.42 Å². The number of aryl methyl sites for hydroxylation is 2. The second kappa shape index (κ2) is 8.73. The van der Waals surface area contributed by atoms with Crippen LogP contribution in [0, 0.1) is 6.92 Å². The summed E-state index contributed by atoms with van der Waals surface area (Å²) in [4.78, 5) is 0.297. The third kappa shape index (κ3) is 5.71. The third-order valence-electron chi connectivity index (χ3n) is 3.33. The molecule has 0 radical (unpaired) electrons. The molecule has 2 rings (SSSR count). The Labute approximate surface area is 140 Å². The second-order valence-electron chi connectivity index (χ2n) is 5.18. The van der Waals surface area contributed by atoms with Crippen LogP contribution in [0.4, 0.5) is 0 Å². The molecule has 23 heavy (non-hydrogen) atoms. The third-order valence-corrected chi connectivity index (χ3v) is 4.46. The Morgan fingerprint density at radius 3 is 2.04 bits per heavy atom. The highest BCUT2D eigenvalue weighted by atomic mass is 32.2. The summed E-state index contributed by atoms with van der Waals surface area (Å²) >= 11 is 0. The molecule has 0 unspecified atom stereocenters. The zero-order valence-electron chi connectivity index (χ0n) is 14.6. The molecular weight excluding hydrogens is 308 g/mol. The number of ether oxygens (including phenoxy) is 1. The van der Waals surface area contributed by atoms with Gasteiger partial charge in [-0.05, 0) is 60.9 Å². The summed E-state index contributed by atoms with van der Waals surface area (Å²) in [5, 5.41) is 0. The van der Waals surface area contributed by atoms with Gasteiger partial charge in [0.05, 0.1) is 4.90 Å². The lowest BCUT2D eigenvalue weighted by molar-refractivity contribution is 0.481. The standard InChI is InChI=1S/C17H20O3S.C2H6/c1-4-5-14-12-16(7-6-13(14)2)20-15-8-10-17(11-9-15)21(3,18)19;1-2/h6-12H,4-5H2,1-3H3;1-2H3. The first-order chi connectivity index (χ1) is 10.9. The van der Waals surface area contributed by atoms with Crippen LogP contribution in [0.1, 0.15) is 38.3 Å². The van der Waals surface area contributed by atoms with Gasteiger partial charge in [0.25, 0.3) is 0 Å². The normalized spacial score (nSPS) is 10.7. The van der Waals surface area contributed by atoms with Gasteiger partial charge in [-0.3, -0.25) is 0 Å².